The monoisotopic (exact) mass is 244 g/mol. The fourth-order valence-corrected chi connectivity index (χ4v) is 0. The Morgan fingerprint density at radius 3 is 1.75 bits per heavy atom. The summed E-state index contributed by atoms with van der Waals surface area (Å²) < 4.78 is 0. The van der Waals surface area contributed by atoms with Crippen LogP contribution in [0.1, 0.15) is 6.92 Å². The van der Waals surface area contributed by atoms with E-state index in [1.54, 1.807) is 0 Å². The van der Waals surface area contributed by atoms with Crippen LogP contribution >= 0.6 is 11.6 Å². The van der Waals surface area contributed by atoms with Crippen molar-refractivity contribution in [2.24, 2.45) is 0 Å². The summed E-state index contributed by atoms with van der Waals surface area (Å²) in [6.07, 6.45) is 0. The van der Waals surface area contributed by atoms with Crippen LogP contribution in [0, 0.1) is 0 Å². The number of alkyl halides is 1. The Balaban J connectivity index is 0. The van der Waals surface area contributed by atoms with Gasteiger partial charge in [-0.1, -0.05) is 6.92 Å². The van der Waals surface area contributed by atoms with Crippen LogP contribution in [0.4, 0.5) is 0 Å². The summed E-state index contributed by atoms with van der Waals surface area (Å²) in [7, 11) is 0. The Hall–Kier alpha value is 1.16. The second-order valence-corrected chi connectivity index (χ2v) is 0.802. The van der Waals surface area contributed by atoms with Crippen molar-refractivity contribution >= 4 is 11.6 Å². The van der Waals surface area contributed by atoms with Crippen LogP contribution in [0.25, 0.3) is 0 Å². The Labute approximate surface area is 50.3 Å². The van der Waals surface area contributed by atoms with E-state index in [1.807, 2.05) is 6.92 Å². The molecule has 0 N–H and O–H groups in total. The molecule has 0 nitrogen and oxygen atoms in total. The Kier molecular flexibility index (Phi) is 19.9. The molecular formula is C2H5ClHf. The summed E-state index contributed by atoms with van der Waals surface area (Å²) in [6.45, 7) is 1.89. The first-order valence-electron chi connectivity index (χ1n) is 0.974. The molecule has 0 amide bonds. The maximum absolute atomic E-state index is 5.00. The van der Waals surface area contributed by atoms with Gasteiger partial charge in [-0.25, -0.2) is 0 Å². The molecular weight excluding hydrogens is 238 g/mol. The van der Waals surface area contributed by atoms with Crippen LogP contribution in [-0.2, 0) is 25.8 Å². The van der Waals surface area contributed by atoms with Crippen molar-refractivity contribution in [1.82, 2.24) is 0 Å². The molecule has 0 aliphatic rings. The fourth-order valence-electron chi connectivity index (χ4n) is 0. The summed E-state index contributed by atoms with van der Waals surface area (Å²) in [5.74, 6) is 0.722. The molecule has 0 spiro atoms. The number of halogens is 1. The van der Waals surface area contributed by atoms with E-state index in [0.717, 1.165) is 5.88 Å². The molecule has 0 bridgehead atoms. The third-order valence-corrected chi connectivity index (χ3v) is 0. The van der Waals surface area contributed by atoms with Gasteiger partial charge in [-0.15, -0.1) is 11.6 Å². The zero-order chi connectivity index (χ0) is 2.71. The molecule has 0 saturated heterocycles. The van der Waals surface area contributed by atoms with Crippen molar-refractivity contribution < 1.29 is 25.8 Å². The normalized spacial score (nSPS) is 4.50. The van der Waals surface area contributed by atoms with Crippen molar-refractivity contribution in [2.45, 2.75) is 6.92 Å². The number of hydrogen-bond donors (Lipinski definition) is 0. The van der Waals surface area contributed by atoms with Crippen molar-refractivity contribution in [3.63, 3.8) is 0 Å². The van der Waals surface area contributed by atoms with Crippen molar-refractivity contribution in [3.8, 4) is 0 Å². The van der Waals surface area contributed by atoms with Crippen molar-refractivity contribution in [2.75, 3.05) is 5.88 Å². The summed E-state index contributed by atoms with van der Waals surface area (Å²) in [6, 6.07) is 0. The first-order chi connectivity index (χ1) is 1.41. The standard InChI is InChI=1S/C2H5Cl.Hf/c1-2-3;/h2H2,1H3;. The molecule has 2 heteroatoms. The molecule has 0 rings (SSSR count). The first-order valence-corrected chi connectivity index (χ1v) is 1.51. The molecule has 0 aliphatic heterocycles. The number of rotatable bonds is 0. The van der Waals surface area contributed by atoms with Gasteiger partial charge in [0.1, 0.15) is 0 Å². The zero-order valence-electron chi connectivity index (χ0n) is 2.59. The summed E-state index contributed by atoms with van der Waals surface area (Å²) in [5.41, 5.74) is 0. The van der Waals surface area contributed by atoms with E-state index in [4.69, 9.17) is 11.6 Å². The quantitative estimate of drug-likeness (QED) is 0.443. The molecule has 0 unspecified atom stereocenters. The molecule has 0 aromatic rings. The van der Waals surface area contributed by atoms with E-state index in [1.165, 1.54) is 0 Å². The fraction of sp³-hybridized carbons (Fsp3) is 1.00. The Morgan fingerprint density at radius 2 is 1.75 bits per heavy atom. The van der Waals surface area contributed by atoms with Crippen LogP contribution < -0.4 is 0 Å². The molecule has 0 aromatic carbocycles. The predicted molar refractivity (Wildman–Crippen MR) is 16.4 cm³/mol. The molecule has 0 aliphatic carbocycles. The van der Waals surface area contributed by atoms with E-state index >= 15 is 0 Å². The van der Waals surface area contributed by atoms with Crippen LogP contribution in [0.15, 0.2) is 0 Å². The largest absolute Gasteiger partial charge is 0.127 e. The first kappa shape index (κ1) is 8.94. The van der Waals surface area contributed by atoms with Gasteiger partial charge in [-0.05, 0) is 0 Å². The summed E-state index contributed by atoms with van der Waals surface area (Å²) in [4.78, 5) is 0. The SMILES string of the molecule is CCCl.[Hf]. The Bertz CT molecular complexity index is 6.00. The number of hydrogen-bond acceptors (Lipinski definition) is 0. The molecule has 0 atom stereocenters. The minimum absolute atomic E-state index is 0. The van der Waals surface area contributed by atoms with Crippen LogP contribution in [0.3, 0.4) is 0 Å². The van der Waals surface area contributed by atoms with Crippen LogP contribution in [-0.4, -0.2) is 5.88 Å². The summed E-state index contributed by atoms with van der Waals surface area (Å²) in [5, 5.41) is 0. The van der Waals surface area contributed by atoms with Gasteiger partial charge in [-0.3, -0.25) is 0 Å². The van der Waals surface area contributed by atoms with E-state index in [-0.39, 0.29) is 25.8 Å². The van der Waals surface area contributed by atoms with E-state index < -0.39 is 0 Å². The second kappa shape index (κ2) is 8.90. The third kappa shape index (κ3) is 11.0. The molecule has 0 aromatic heterocycles. The zero-order valence-corrected chi connectivity index (χ0v) is 6.93. The van der Waals surface area contributed by atoms with Gasteiger partial charge in [0.05, 0.1) is 0 Å². The van der Waals surface area contributed by atoms with Gasteiger partial charge in [0.25, 0.3) is 0 Å². The molecule has 0 radical (unpaired) electrons. The van der Waals surface area contributed by atoms with Crippen molar-refractivity contribution in [1.29, 1.82) is 0 Å². The second-order valence-electron chi connectivity index (χ2n) is 0.267. The van der Waals surface area contributed by atoms with E-state index in [9.17, 15) is 0 Å². The Morgan fingerprint density at radius 1 is 1.75 bits per heavy atom. The van der Waals surface area contributed by atoms with Crippen LogP contribution in [0.2, 0.25) is 0 Å². The van der Waals surface area contributed by atoms with E-state index in [2.05, 4.69) is 0 Å². The van der Waals surface area contributed by atoms with Gasteiger partial charge in [0.15, 0.2) is 0 Å². The van der Waals surface area contributed by atoms with Gasteiger partial charge in [0, 0.05) is 31.7 Å². The summed E-state index contributed by atoms with van der Waals surface area (Å²) >= 11 is 5.00. The van der Waals surface area contributed by atoms with Gasteiger partial charge in [-0.2, -0.15) is 0 Å². The molecule has 0 fully saturated rings. The van der Waals surface area contributed by atoms with Gasteiger partial charge < -0.3 is 0 Å². The molecule has 4 heavy (non-hydrogen) atoms. The topological polar surface area (TPSA) is 0 Å². The predicted octanol–water partition coefficient (Wildman–Crippen LogP) is 1.24. The third-order valence-electron chi connectivity index (χ3n) is 0. The minimum atomic E-state index is 0. The van der Waals surface area contributed by atoms with Gasteiger partial charge in [0.2, 0.25) is 0 Å². The minimum Gasteiger partial charge on any atom is -0.127 e. The maximum atomic E-state index is 5.00. The maximum Gasteiger partial charge on any atom is 0.0195 e. The molecule has 0 heterocycles. The molecule has 24 valence electrons. The smallest absolute Gasteiger partial charge is 0.0195 e. The van der Waals surface area contributed by atoms with E-state index in [0.29, 0.717) is 0 Å². The van der Waals surface area contributed by atoms with Crippen LogP contribution in [0.5, 0.6) is 0 Å². The average Bonchev–Trinajstić information content (AvgIpc) is 0.918. The molecule has 0 saturated carbocycles. The average molecular weight is 243 g/mol. The van der Waals surface area contributed by atoms with Crippen molar-refractivity contribution in [3.05, 3.63) is 0 Å². The van der Waals surface area contributed by atoms with Gasteiger partial charge >= 0.3 is 0 Å².